The van der Waals surface area contributed by atoms with E-state index < -0.39 is 0 Å². The molecule has 0 N–H and O–H groups in total. The van der Waals surface area contributed by atoms with E-state index in [1.54, 1.807) is 24.4 Å². The number of rotatable bonds is 3. The van der Waals surface area contributed by atoms with Crippen LogP contribution >= 0.6 is 11.6 Å². The highest BCUT2D eigenvalue weighted by Crippen LogP contribution is 2.36. The fraction of sp³-hybridized carbons (Fsp3) is 0.208. The first-order chi connectivity index (χ1) is 14.1. The van der Waals surface area contributed by atoms with Gasteiger partial charge in [-0.3, -0.25) is 9.78 Å². The average Bonchev–Trinajstić information content (AvgIpc) is 2.75. The van der Waals surface area contributed by atoms with E-state index in [9.17, 15) is 10.1 Å². The molecular weight excluding hydrogens is 382 g/mol. The lowest BCUT2D eigenvalue weighted by Gasteiger charge is -2.36. The quantitative estimate of drug-likeness (QED) is 0.623. The van der Waals surface area contributed by atoms with Gasteiger partial charge in [-0.25, -0.2) is 0 Å². The van der Waals surface area contributed by atoms with Crippen molar-refractivity contribution in [3.8, 4) is 17.2 Å². The Kier molecular flexibility index (Phi) is 5.33. The van der Waals surface area contributed by atoms with Gasteiger partial charge in [0.25, 0.3) is 0 Å². The van der Waals surface area contributed by atoms with Crippen molar-refractivity contribution in [3.05, 3.63) is 88.2 Å². The molecule has 3 aromatic rings. The van der Waals surface area contributed by atoms with Gasteiger partial charge in [-0.05, 0) is 53.8 Å². The molecule has 4 nitrogen and oxygen atoms in total. The molecule has 0 unspecified atom stereocenters. The lowest BCUT2D eigenvalue weighted by Crippen LogP contribution is -2.40. The number of carbonyl (C=O) groups excluding carboxylic acids is 1. The summed E-state index contributed by atoms with van der Waals surface area (Å²) >= 11 is 6.27. The van der Waals surface area contributed by atoms with Crippen molar-refractivity contribution in [2.75, 3.05) is 6.54 Å². The second-order valence-electron chi connectivity index (χ2n) is 7.18. The van der Waals surface area contributed by atoms with E-state index in [-0.39, 0.29) is 18.4 Å². The summed E-state index contributed by atoms with van der Waals surface area (Å²) in [6.07, 6.45) is 4.55. The van der Waals surface area contributed by atoms with Crippen LogP contribution in [0.15, 0.2) is 60.9 Å². The van der Waals surface area contributed by atoms with Crippen LogP contribution in [0.2, 0.25) is 5.02 Å². The van der Waals surface area contributed by atoms with Crippen LogP contribution in [-0.4, -0.2) is 22.3 Å². The molecule has 1 amide bonds. The van der Waals surface area contributed by atoms with Crippen LogP contribution in [-0.2, 0) is 17.6 Å². The first-order valence-corrected chi connectivity index (χ1v) is 9.97. The summed E-state index contributed by atoms with van der Waals surface area (Å²) in [7, 11) is 0. The first-order valence-electron chi connectivity index (χ1n) is 9.59. The standard InChI is InChI=1S/C24H20ClN3O/c1-16-19-7-3-8-20(18-6-4-11-27-15-18)21(19)10-12-28(16)24(29)13-22-17(14-26)5-2-9-23(22)25/h2-9,11,15-16H,10,12-13H2,1H3/t16-/m0/s1. The molecule has 1 aromatic heterocycles. The summed E-state index contributed by atoms with van der Waals surface area (Å²) in [5, 5.41) is 9.81. The van der Waals surface area contributed by atoms with Crippen molar-refractivity contribution in [1.29, 1.82) is 5.26 Å². The maximum absolute atomic E-state index is 13.1. The third-order valence-corrected chi connectivity index (χ3v) is 5.95. The molecule has 29 heavy (non-hydrogen) atoms. The number of halogens is 1. The number of nitriles is 1. The predicted octanol–water partition coefficient (Wildman–Crippen LogP) is 4.96. The maximum Gasteiger partial charge on any atom is 0.227 e. The van der Waals surface area contributed by atoms with Gasteiger partial charge in [0.05, 0.1) is 24.1 Å². The molecule has 2 heterocycles. The summed E-state index contributed by atoms with van der Waals surface area (Å²) in [4.78, 5) is 19.2. The van der Waals surface area contributed by atoms with Crippen LogP contribution in [0.1, 0.15) is 35.2 Å². The van der Waals surface area contributed by atoms with Gasteiger partial charge in [0.15, 0.2) is 0 Å². The molecule has 0 radical (unpaired) electrons. The Hall–Kier alpha value is -3.16. The Labute approximate surface area is 175 Å². The molecule has 0 saturated heterocycles. The SMILES string of the molecule is C[C@H]1c2cccc(-c3cccnc3)c2CCN1C(=O)Cc1c(Cl)cccc1C#N. The molecule has 1 aliphatic heterocycles. The molecule has 4 rings (SSSR count). The number of benzene rings is 2. The van der Waals surface area contributed by atoms with E-state index in [0.717, 1.165) is 17.5 Å². The van der Waals surface area contributed by atoms with Crippen molar-refractivity contribution in [2.45, 2.75) is 25.8 Å². The van der Waals surface area contributed by atoms with E-state index in [0.29, 0.717) is 22.7 Å². The third-order valence-electron chi connectivity index (χ3n) is 5.59. The maximum atomic E-state index is 13.1. The molecule has 0 fully saturated rings. The van der Waals surface area contributed by atoms with Gasteiger partial charge in [0.2, 0.25) is 5.91 Å². The summed E-state index contributed by atoms with van der Waals surface area (Å²) in [5.74, 6) is -0.0143. The van der Waals surface area contributed by atoms with Gasteiger partial charge >= 0.3 is 0 Å². The van der Waals surface area contributed by atoms with Crippen LogP contribution in [0.5, 0.6) is 0 Å². The van der Waals surface area contributed by atoms with Gasteiger partial charge in [-0.15, -0.1) is 0 Å². The number of amides is 1. The highest BCUT2D eigenvalue weighted by atomic mass is 35.5. The normalized spacial score (nSPS) is 15.5. The fourth-order valence-corrected chi connectivity index (χ4v) is 4.34. The first kappa shape index (κ1) is 19.2. The minimum absolute atomic E-state index is 0.0143. The van der Waals surface area contributed by atoms with Gasteiger partial charge in [-0.1, -0.05) is 41.9 Å². The summed E-state index contributed by atoms with van der Waals surface area (Å²) in [5.41, 5.74) is 5.75. The van der Waals surface area contributed by atoms with Crippen LogP contribution in [0, 0.1) is 11.3 Å². The predicted molar refractivity (Wildman–Crippen MR) is 113 cm³/mol. The lowest BCUT2D eigenvalue weighted by atomic mass is 9.87. The Morgan fingerprint density at radius 3 is 2.83 bits per heavy atom. The number of carbonyl (C=O) groups is 1. The molecule has 2 aromatic carbocycles. The van der Waals surface area contributed by atoms with Gasteiger partial charge in [-0.2, -0.15) is 5.26 Å². The van der Waals surface area contributed by atoms with Crippen LogP contribution < -0.4 is 0 Å². The van der Waals surface area contributed by atoms with Gasteiger partial charge in [0.1, 0.15) is 0 Å². The van der Waals surface area contributed by atoms with Crippen LogP contribution in [0.4, 0.5) is 0 Å². The summed E-state index contributed by atoms with van der Waals surface area (Å²) in [6, 6.07) is 17.5. The zero-order chi connectivity index (χ0) is 20.4. The summed E-state index contributed by atoms with van der Waals surface area (Å²) in [6.45, 7) is 2.69. The van der Waals surface area contributed by atoms with Crippen molar-refractivity contribution < 1.29 is 4.79 Å². The number of hydrogen-bond donors (Lipinski definition) is 0. The molecule has 1 aliphatic rings. The zero-order valence-corrected chi connectivity index (χ0v) is 16.9. The Balaban J connectivity index is 1.63. The van der Waals surface area contributed by atoms with E-state index in [1.165, 1.54) is 11.1 Å². The number of fused-ring (bicyclic) bond motifs is 1. The number of nitrogens with zero attached hydrogens (tertiary/aromatic N) is 3. The Morgan fingerprint density at radius 2 is 2.07 bits per heavy atom. The molecule has 1 atom stereocenters. The highest BCUT2D eigenvalue weighted by molar-refractivity contribution is 6.31. The van der Waals surface area contributed by atoms with Crippen molar-refractivity contribution in [1.82, 2.24) is 9.88 Å². The molecule has 0 saturated carbocycles. The van der Waals surface area contributed by atoms with Crippen LogP contribution in [0.3, 0.4) is 0 Å². The second-order valence-corrected chi connectivity index (χ2v) is 7.59. The molecule has 0 aliphatic carbocycles. The van der Waals surface area contributed by atoms with E-state index in [2.05, 4.69) is 36.2 Å². The zero-order valence-electron chi connectivity index (χ0n) is 16.1. The van der Waals surface area contributed by atoms with E-state index >= 15 is 0 Å². The number of aromatic nitrogens is 1. The van der Waals surface area contributed by atoms with E-state index in [1.807, 2.05) is 23.2 Å². The summed E-state index contributed by atoms with van der Waals surface area (Å²) < 4.78 is 0. The van der Waals surface area contributed by atoms with Gasteiger partial charge < -0.3 is 4.90 Å². The molecular formula is C24H20ClN3O. The minimum Gasteiger partial charge on any atom is -0.335 e. The van der Waals surface area contributed by atoms with Crippen molar-refractivity contribution in [2.24, 2.45) is 0 Å². The highest BCUT2D eigenvalue weighted by Gasteiger charge is 2.29. The molecule has 144 valence electrons. The molecule has 0 spiro atoms. The Bertz CT molecular complexity index is 1100. The van der Waals surface area contributed by atoms with Gasteiger partial charge in [0, 0.05) is 29.5 Å². The molecule has 5 heteroatoms. The average molecular weight is 402 g/mol. The molecule has 0 bridgehead atoms. The topological polar surface area (TPSA) is 57.0 Å². The smallest absolute Gasteiger partial charge is 0.227 e. The second kappa shape index (κ2) is 8.06. The lowest BCUT2D eigenvalue weighted by molar-refractivity contribution is -0.133. The Morgan fingerprint density at radius 1 is 1.24 bits per heavy atom. The minimum atomic E-state index is -0.0455. The number of hydrogen-bond acceptors (Lipinski definition) is 3. The van der Waals surface area contributed by atoms with Crippen molar-refractivity contribution >= 4 is 17.5 Å². The largest absolute Gasteiger partial charge is 0.335 e. The van der Waals surface area contributed by atoms with Crippen molar-refractivity contribution in [3.63, 3.8) is 0 Å². The van der Waals surface area contributed by atoms with Crippen LogP contribution in [0.25, 0.3) is 11.1 Å². The van der Waals surface area contributed by atoms with E-state index in [4.69, 9.17) is 11.6 Å². The number of pyridine rings is 1. The monoisotopic (exact) mass is 401 g/mol. The fourth-order valence-electron chi connectivity index (χ4n) is 4.10. The third kappa shape index (κ3) is 3.62.